The number of halogens is 3. The molecule has 0 fully saturated rings. The third-order valence-electron chi connectivity index (χ3n) is 2.69. The second kappa shape index (κ2) is 5.43. The second-order valence-electron chi connectivity index (χ2n) is 4.21. The fraction of sp³-hybridized carbons (Fsp3) is 0.250. The van der Waals surface area contributed by atoms with Crippen LogP contribution in [0.1, 0.15) is 12.0 Å². The number of carboxylic acid groups (broad SMARTS) is 1. The average molecular weight is 302 g/mol. The lowest BCUT2D eigenvalue weighted by atomic mass is 10.1. The van der Waals surface area contributed by atoms with Crippen LogP contribution >= 0.6 is 0 Å². The van der Waals surface area contributed by atoms with E-state index in [1.54, 1.807) is 0 Å². The number of carbonyl (C=O) groups excluding carboxylic acids is 1. The van der Waals surface area contributed by atoms with E-state index in [2.05, 4.69) is 15.3 Å². The van der Waals surface area contributed by atoms with Crippen LogP contribution in [0.15, 0.2) is 29.4 Å². The Kier molecular flexibility index (Phi) is 3.83. The highest BCUT2D eigenvalue weighted by Crippen LogP contribution is 2.29. The molecule has 0 bridgehead atoms. The number of carboxylic acids is 1. The highest BCUT2D eigenvalue weighted by Gasteiger charge is 2.32. The van der Waals surface area contributed by atoms with E-state index in [1.807, 2.05) is 0 Å². The normalized spacial score (nSPS) is 17.9. The van der Waals surface area contributed by atoms with Crippen LogP contribution in [0, 0.1) is 0 Å². The number of oxime groups is 1. The number of nitrogens with zero attached hydrogens (tertiary/aromatic N) is 1. The lowest BCUT2D eigenvalue weighted by Crippen LogP contribution is -2.28. The molecule has 21 heavy (non-hydrogen) atoms. The van der Waals surface area contributed by atoms with Gasteiger partial charge in [0.1, 0.15) is 0 Å². The number of hydrogen-bond donors (Lipinski definition) is 2. The summed E-state index contributed by atoms with van der Waals surface area (Å²) in [7, 11) is 0. The largest absolute Gasteiger partial charge is 0.477 e. The number of benzene rings is 1. The number of anilines is 1. The quantitative estimate of drug-likeness (QED) is 0.892. The lowest BCUT2D eigenvalue weighted by Gasteiger charge is -2.11. The minimum Gasteiger partial charge on any atom is -0.477 e. The number of carbonyl (C=O) groups is 2. The fourth-order valence-electron chi connectivity index (χ4n) is 1.61. The third-order valence-corrected chi connectivity index (χ3v) is 2.69. The van der Waals surface area contributed by atoms with Gasteiger partial charge in [0.2, 0.25) is 6.10 Å². The fourth-order valence-corrected chi connectivity index (χ4v) is 1.61. The zero-order chi connectivity index (χ0) is 15.6. The molecular formula is C12H9F3N2O4. The van der Waals surface area contributed by atoms with Crippen molar-refractivity contribution in [1.29, 1.82) is 0 Å². The Labute approximate surface area is 116 Å². The summed E-state index contributed by atoms with van der Waals surface area (Å²) >= 11 is 0. The molecule has 1 unspecified atom stereocenters. The molecule has 1 heterocycles. The van der Waals surface area contributed by atoms with Crippen LogP contribution in [0.2, 0.25) is 0 Å². The molecule has 0 spiro atoms. The van der Waals surface area contributed by atoms with Gasteiger partial charge in [0.15, 0.2) is 5.71 Å². The Morgan fingerprint density at radius 2 is 1.90 bits per heavy atom. The Bertz CT molecular complexity index is 596. The van der Waals surface area contributed by atoms with Crippen molar-refractivity contribution in [1.82, 2.24) is 0 Å². The van der Waals surface area contributed by atoms with Crippen molar-refractivity contribution in [3.63, 3.8) is 0 Å². The Hall–Kier alpha value is -2.58. The van der Waals surface area contributed by atoms with Gasteiger partial charge in [-0.15, -0.1) is 0 Å². The zero-order valence-electron chi connectivity index (χ0n) is 10.3. The van der Waals surface area contributed by atoms with Crippen LogP contribution in [0.4, 0.5) is 18.9 Å². The molecule has 2 N–H and O–H groups in total. The van der Waals surface area contributed by atoms with E-state index >= 15 is 0 Å². The zero-order valence-corrected chi connectivity index (χ0v) is 10.3. The Morgan fingerprint density at radius 1 is 1.29 bits per heavy atom. The first-order valence-electron chi connectivity index (χ1n) is 5.71. The van der Waals surface area contributed by atoms with Crippen molar-refractivity contribution in [2.45, 2.75) is 18.7 Å². The number of hydrogen-bond acceptors (Lipinski definition) is 4. The molecule has 0 aliphatic carbocycles. The van der Waals surface area contributed by atoms with Crippen LogP contribution in [-0.2, 0) is 20.6 Å². The van der Waals surface area contributed by atoms with E-state index in [4.69, 9.17) is 5.11 Å². The summed E-state index contributed by atoms with van der Waals surface area (Å²) in [6.07, 6.45) is -5.78. The summed E-state index contributed by atoms with van der Waals surface area (Å²) in [6, 6.07) is 3.83. The standard InChI is InChI=1S/C12H9F3N2O4/c13-12(14,15)6-1-3-7(4-2-6)16-10(18)9-5-8(11(19)20)17-21-9/h1-4,9H,5H2,(H,16,18)(H,19,20). The van der Waals surface area contributed by atoms with Gasteiger partial charge < -0.3 is 15.3 Å². The topological polar surface area (TPSA) is 88.0 Å². The highest BCUT2D eigenvalue weighted by atomic mass is 19.4. The van der Waals surface area contributed by atoms with Gasteiger partial charge in [0, 0.05) is 12.1 Å². The van der Waals surface area contributed by atoms with Gasteiger partial charge in [0.05, 0.1) is 5.56 Å². The van der Waals surface area contributed by atoms with Crippen LogP contribution in [0.5, 0.6) is 0 Å². The van der Waals surface area contributed by atoms with Gasteiger partial charge in [-0.1, -0.05) is 5.16 Å². The maximum Gasteiger partial charge on any atom is 0.416 e. The molecule has 9 heteroatoms. The molecule has 1 aromatic carbocycles. The van der Waals surface area contributed by atoms with Crippen molar-refractivity contribution in [3.8, 4) is 0 Å². The van der Waals surface area contributed by atoms with Gasteiger partial charge in [-0.3, -0.25) is 4.79 Å². The van der Waals surface area contributed by atoms with E-state index < -0.39 is 29.7 Å². The SMILES string of the molecule is O=C(O)C1=NOC(C(=O)Nc2ccc(C(F)(F)F)cc2)C1. The minimum absolute atomic E-state index is 0.139. The smallest absolute Gasteiger partial charge is 0.416 e. The monoisotopic (exact) mass is 302 g/mol. The molecule has 0 radical (unpaired) electrons. The summed E-state index contributed by atoms with van der Waals surface area (Å²) < 4.78 is 37.1. The van der Waals surface area contributed by atoms with Gasteiger partial charge >= 0.3 is 12.1 Å². The van der Waals surface area contributed by atoms with E-state index in [-0.39, 0.29) is 17.8 Å². The first-order valence-corrected chi connectivity index (χ1v) is 5.71. The van der Waals surface area contributed by atoms with Crippen LogP contribution in [0.3, 0.4) is 0 Å². The number of amides is 1. The third kappa shape index (κ3) is 3.50. The van der Waals surface area contributed by atoms with E-state index in [9.17, 15) is 22.8 Å². The second-order valence-corrected chi connectivity index (χ2v) is 4.21. The van der Waals surface area contributed by atoms with Crippen molar-refractivity contribution < 1.29 is 32.7 Å². The van der Waals surface area contributed by atoms with Crippen molar-refractivity contribution in [2.24, 2.45) is 5.16 Å². The predicted octanol–water partition coefficient (Wildman–Crippen LogP) is 1.87. The maximum absolute atomic E-state index is 12.4. The van der Waals surface area contributed by atoms with Crippen LogP contribution in [-0.4, -0.2) is 28.8 Å². The molecule has 0 aromatic heterocycles. The highest BCUT2D eigenvalue weighted by molar-refractivity contribution is 6.36. The first kappa shape index (κ1) is 14.8. The van der Waals surface area contributed by atoms with Crippen LogP contribution < -0.4 is 5.32 Å². The van der Waals surface area contributed by atoms with Crippen molar-refractivity contribution >= 4 is 23.3 Å². The maximum atomic E-state index is 12.4. The van der Waals surface area contributed by atoms with Gasteiger partial charge in [-0.2, -0.15) is 13.2 Å². The van der Waals surface area contributed by atoms with E-state index in [0.29, 0.717) is 0 Å². The summed E-state index contributed by atoms with van der Waals surface area (Å²) in [6.45, 7) is 0. The molecule has 1 aliphatic heterocycles. The Morgan fingerprint density at radius 3 is 2.38 bits per heavy atom. The average Bonchev–Trinajstić information content (AvgIpc) is 2.88. The summed E-state index contributed by atoms with van der Waals surface area (Å²) in [5.74, 6) is -1.98. The molecular weight excluding hydrogens is 293 g/mol. The summed E-state index contributed by atoms with van der Waals surface area (Å²) in [4.78, 5) is 27.0. The molecule has 1 atom stereocenters. The first-order chi connectivity index (χ1) is 9.77. The molecule has 1 amide bonds. The molecule has 6 nitrogen and oxygen atoms in total. The number of nitrogens with one attached hydrogen (secondary N) is 1. The van der Waals surface area contributed by atoms with Gasteiger partial charge in [-0.05, 0) is 24.3 Å². The van der Waals surface area contributed by atoms with Crippen molar-refractivity contribution in [3.05, 3.63) is 29.8 Å². The Balaban J connectivity index is 1.97. The number of aliphatic carboxylic acids is 1. The summed E-state index contributed by atoms with van der Waals surface area (Å²) in [5, 5.41) is 14.2. The molecule has 1 aliphatic rings. The lowest BCUT2D eigenvalue weighted by molar-refractivity contribution is -0.137. The van der Waals surface area contributed by atoms with Crippen LogP contribution in [0.25, 0.3) is 0 Å². The summed E-state index contributed by atoms with van der Waals surface area (Å²) in [5.41, 5.74) is -0.989. The van der Waals surface area contributed by atoms with E-state index in [0.717, 1.165) is 24.3 Å². The molecule has 0 saturated carbocycles. The predicted molar refractivity (Wildman–Crippen MR) is 64.6 cm³/mol. The number of alkyl halides is 3. The van der Waals surface area contributed by atoms with Gasteiger partial charge in [-0.25, -0.2) is 4.79 Å². The van der Waals surface area contributed by atoms with E-state index in [1.165, 1.54) is 0 Å². The molecule has 112 valence electrons. The molecule has 1 aromatic rings. The van der Waals surface area contributed by atoms with Crippen molar-refractivity contribution in [2.75, 3.05) is 5.32 Å². The number of rotatable bonds is 3. The van der Waals surface area contributed by atoms with Gasteiger partial charge in [0.25, 0.3) is 5.91 Å². The molecule has 2 rings (SSSR count). The minimum atomic E-state index is -4.46. The molecule has 0 saturated heterocycles.